The number of benzene rings is 1. The molecule has 0 aliphatic rings. The fourth-order valence-electron chi connectivity index (χ4n) is 2.14. The number of nitrogens with zero attached hydrogens (tertiary/aromatic N) is 2. The van der Waals surface area contributed by atoms with Crippen molar-refractivity contribution in [2.24, 2.45) is 0 Å². The number of anilines is 1. The van der Waals surface area contributed by atoms with Crippen molar-refractivity contribution < 1.29 is 0 Å². The van der Waals surface area contributed by atoms with Crippen LogP contribution in [0.3, 0.4) is 0 Å². The van der Waals surface area contributed by atoms with E-state index in [1.54, 1.807) is 17.5 Å². The lowest BCUT2D eigenvalue weighted by Crippen LogP contribution is -2.31. The van der Waals surface area contributed by atoms with Crippen LogP contribution >= 0.6 is 23.6 Å². The first-order valence-electron chi connectivity index (χ1n) is 7.22. The van der Waals surface area contributed by atoms with Crippen LogP contribution in [0.5, 0.6) is 0 Å². The Morgan fingerprint density at radius 1 is 1.13 bits per heavy atom. The summed E-state index contributed by atoms with van der Waals surface area (Å²) < 4.78 is 0. The van der Waals surface area contributed by atoms with Crippen molar-refractivity contribution >= 4 is 34.6 Å². The van der Waals surface area contributed by atoms with Gasteiger partial charge in [0, 0.05) is 6.20 Å². The first kappa shape index (κ1) is 15.6. The van der Waals surface area contributed by atoms with Gasteiger partial charge in [0.1, 0.15) is 0 Å². The van der Waals surface area contributed by atoms with E-state index in [1.807, 2.05) is 41.8 Å². The quantitative estimate of drug-likeness (QED) is 0.695. The lowest BCUT2D eigenvalue weighted by molar-refractivity contribution is 0.722. The Balaban J connectivity index is 1.65. The highest BCUT2D eigenvalue weighted by Gasteiger charge is 2.08. The summed E-state index contributed by atoms with van der Waals surface area (Å²) in [6.45, 7) is 2.06. The zero-order chi connectivity index (χ0) is 16.1. The second-order valence-corrected chi connectivity index (χ2v) is 6.33. The Morgan fingerprint density at radius 3 is 2.70 bits per heavy atom. The minimum Gasteiger partial charge on any atom is -0.356 e. The van der Waals surface area contributed by atoms with Gasteiger partial charge in [0.25, 0.3) is 0 Å². The van der Waals surface area contributed by atoms with E-state index < -0.39 is 0 Å². The first-order chi connectivity index (χ1) is 11.2. The summed E-state index contributed by atoms with van der Waals surface area (Å²) in [5.41, 5.74) is 2.06. The van der Waals surface area contributed by atoms with Crippen LogP contribution in [0, 0.1) is 0 Å². The van der Waals surface area contributed by atoms with E-state index in [1.165, 1.54) is 5.56 Å². The monoisotopic (exact) mass is 340 g/mol. The van der Waals surface area contributed by atoms with E-state index in [9.17, 15) is 0 Å². The van der Waals surface area contributed by atoms with Crippen molar-refractivity contribution in [2.45, 2.75) is 13.0 Å². The van der Waals surface area contributed by atoms with Crippen LogP contribution in [0.2, 0.25) is 0 Å². The number of nitrogens with one attached hydrogen (secondary N) is 2. The molecule has 0 aliphatic heterocycles. The molecular weight excluding hydrogens is 324 g/mol. The van der Waals surface area contributed by atoms with Crippen LogP contribution in [0.1, 0.15) is 18.5 Å². The highest BCUT2D eigenvalue weighted by Crippen LogP contribution is 2.22. The number of rotatable bonds is 4. The van der Waals surface area contributed by atoms with Gasteiger partial charge in [0.05, 0.1) is 16.6 Å². The molecular formula is C17H16N4S2. The third kappa shape index (κ3) is 4.12. The van der Waals surface area contributed by atoms with Crippen LogP contribution < -0.4 is 10.6 Å². The van der Waals surface area contributed by atoms with Crippen molar-refractivity contribution in [3.63, 3.8) is 0 Å². The molecule has 23 heavy (non-hydrogen) atoms. The molecule has 0 aliphatic carbocycles. The standard InChI is InChI=1S/C17H16N4S2/c1-12(13-6-3-2-4-7-13)19-17(22)21-16-18-10-9-14(20-16)15-8-5-11-23-15/h2-12H,1H3,(H2,18,19,20,21,22)/t12-/m0/s1. The molecule has 2 aromatic heterocycles. The van der Waals surface area contributed by atoms with Gasteiger partial charge < -0.3 is 10.6 Å². The van der Waals surface area contributed by atoms with E-state index in [0.29, 0.717) is 11.1 Å². The molecule has 0 fully saturated rings. The molecule has 4 nitrogen and oxygen atoms in total. The van der Waals surface area contributed by atoms with Gasteiger partial charge in [-0.15, -0.1) is 11.3 Å². The van der Waals surface area contributed by atoms with Gasteiger partial charge in [-0.3, -0.25) is 0 Å². The average molecular weight is 340 g/mol. The Kier molecular flexibility index (Phi) is 4.95. The van der Waals surface area contributed by atoms with E-state index in [4.69, 9.17) is 12.2 Å². The topological polar surface area (TPSA) is 49.8 Å². The molecule has 0 saturated carbocycles. The van der Waals surface area contributed by atoms with Crippen LogP contribution in [-0.4, -0.2) is 15.1 Å². The normalized spacial score (nSPS) is 11.7. The third-order valence-electron chi connectivity index (χ3n) is 3.30. The van der Waals surface area contributed by atoms with Crippen LogP contribution in [0.15, 0.2) is 60.1 Å². The molecule has 2 heterocycles. The summed E-state index contributed by atoms with van der Waals surface area (Å²) in [6.07, 6.45) is 1.73. The predicted octanol–water partition coefficient (Wildman–Crippen LogP) is 4.25. The summed E-state index contributed by atoms with van der Waals surface area (Å²) in [5.74, 6) is 0.494. The fourth-order valence-corrected chi connectivity index (χ4v) is 3.10. The number of aromatic nitrogens is 2. The van der Waals surface area contributed by atoms with Crippen LogP contribution in [-0.2, 0) is 0 Å². The Morgan fingerprint density at radius 2 is 1.96 bits per heavy atom. The number of thiocarbonyl (C=S) groups is 1. The number of hydrogen-bond donors (Lipinski definition) is 2. The first-order valence-corrected chi connectivity index (χ1v) is 8.50. The second-order valence-electron chi connectivity index (χ2n) is 4.97. The van der Waals surface area contributed by atoms with Crippen molar-refractivity contribution in [1.29, 1.82) is 0 Å². The average Bonchev–Trinajstić information content (AvgIpc) is 3.10. The third-order valence-corrected chi connectivity index (χ3v) is 4.41. The predicted molar refractivity (Wildman–Crippen MR) is 99.6 cm³/mol. The summed E-state index contributed by atoms with van der Waals surface area (Å²) in [4.78, 5) is 9.82. The number of hydrogen-bond acceptors (Lipinski definition) is 4. The highest BCUT2D eigenvalue weighted by atomic mass is 32.1. The van der Waals surface area contributed by atoms with Crippen LogP contribution in [0.4, 0.5) is 5.95 Å². The lowest BCUT2D eigenvalue weighted by atomic mass is 10.1. The van der Waals surface area contributed by atoms with Gasteiger partial charge >= 0.3 is 0 Å². The zero-order valence-electron chi connectivity index (χ0n) is 12.6. The smallest absolute Gasteiger partial charge is 0.229 e. The molecule has 0 unspecified atom stereocenters. The Bertz CT molecular complexity index is 772. The van der Waals surface area contributed by atoms with Gasteiger partial charge in [-0.05, 0) is 42.2 Å². The van der Waals surface area contributed by atoms with Gasteiger partial charge in [-0.25, -0.2) is 9.97 Å². The molecule has 0 bridgehead atoms. The molecule has 1 aromatic carbocycles. The maximum atomic E-state index is 5.36. The zero-order valence-corrected chi connectivity index (χ0v) is 14.2. The van der Waals surface area contributed by atoms with Crippen molar-refractivity contribution in [3.8, 4) is 10.6 Å². The molecule has 0 saturated heterocycles. The maximum Gasteiger partial charge on any atom is 0.229 e. The minimum atomic E-state index is 0.108. The van der Waals surface area contributed by atoms with E-state index in [-0.39, 0.29) is 6.04 Å². The SMILES string of the molecule is C[C@H](NC(=S)Nc1nccc(-c2cccs2)n1)c1ccccc1. The summed E-state index contributed by atoms with van der Waals surface area (Å²) >= 11 is 7.00. The minimum absolute atomic E-state index is 0.108. The summed E-state index contributed by atoms with van der Waals surface area (Å²) in [5, 5.41) is 8.82. The maximum absolute atomic E-state index is 5.36. The Labute approximate surface area is 144 Å². The Hall–Kier alpha value is -2.31. The van der Waals surface area contributed by atoms with Crippen LogP contribution in [0.25, 0.3) is 10.6 Å². The van der Waals surface area contributed by atoms with E-state index in [0.717, 1.165) is 10.6 Å². The summed E-state index contributed by atoms with van der Waals surface area (Å²) in [7, 11) is 0. The molecule has 2 N–H and O–H groups in total. The molecule has 0 spiro atoms. The van der Waals surface area contributed by atoms with Crippen molar-refractivity contribution in [1.82, 2.24) is 15.3 Å². The van der Waals surface area contributed by atoms with Crippen molar-refractivity contribution in [2.75, 3.05) is 5.32 Å². The lowest BCUT2D eigenvalue weighted by Gasteiger charge is -2.16. The highest BCUT2D eigenvalue weighted by molar-refractivity contribution is 7.80. The molecule has 3 rings (SSSR count). The van der Waals surface area contributed by atoms with E-state index >= 15 is 0 Å². The largest absolute Gasteiger partial charge is 0.356 e. The summed E-state index contributed by atoms with van der Waals surface area (Å²) in [6, 6.07) is 16.2. The van der Waals surface area contributed by atoms with Gasteiger partial charge in [0.15, 0.2) is 5.11 Å². The molecule has 3 aromatic rings. The molecule has 0 amide bonds. The molecule has 6 heteroatoms. The van der Waals surface area contributed by atoms with Crippen molar-refractivity contribution in [3.05, 3.63) is 65.7 Å². The molecule has 116 valence electrons. The number of thiophene rings is 1. The molecule has 0 radical (unpaired) electrons. The van der Waals surface area contributed by atoms with Gasteiger partial charge in [0.2, 0.25) is 5.95 Å². The second kappa shape index (κ2) is 7.30. The fraction of sp³-hybridized carbons (Fsp3) is 0.118. The molecule has 1 atom stereocenters. The van der Waals surface area contributed by atoms with Gasteiger partial charge in [-0.1, -0.05) is 36.4 Å². The van der Waals surface area contributed by atoms with Gasteiger partial charge in [-0.2, -0.15) is 0 Å². The van der Waals surface area contributed by atoms with E-state index in [2.05, 4.69) is 39.7 Å².